The summed E-state index contributed by atoms with van der Waals surface area (Å²) in [5.41, 5.74) is 3.76. The van der Waals surface area contributed by atoms with Gasteiger partial charge in [-0.2, -0.15) is 5.26 Å². The fraction of sp³-hybridized carbons (Fsp3) is 0.348. The molecule has 4 heteroatoms. The van der Waals surface area contributed by atoms with Crippen LogP contribution in [0.5, 0.6) is 0 Å². The Bertz CT molecular complexity index is 924. The number of nitrogens with one attached hydrogen (secondary N) is 1. The summed E-state index contributed by atoms with van der Waals surface area (Å²) in [4.78, 5) is 7.64. The summed E-state index contributed by atoms with van der Waals surface area (Å²) in [6.07, 6.45) is 6.24. The van der Waals surface area contributed by atoms with Crippen LogP contribution in [-0.2, 0) is 0 Å². The van der Waals surface area contributed by atoms with Gasteiger partial charge in [-0.25, -0.2) is 0 Å². The molecule has 0 atom stereocenters. The third kappa shape index (κ3) is 5.04. The summed E-state index contributed by atoms with van der Waals surface area (Å²) in [6.45, 7) is 12.7. The van der Waals surface area contributed by atoms with Crippen LogP contribution in [0.3, 0.4) is 0 Å². The lowest BCUT2D eigenvalue weighted by molar-refractivity contribution is 0.745. The van der Waals surface area contributed by atoms with Crippen LogP contribution in [0, 0.1) is 11.3 Å². The van der Waals surface area contributed by atoms with Gasteiger partial charge in [-0.1, -0.05) is 32.6 Å². The Hall–Kier alpha value is -2.93. The molecule has 1 aromatic carbocycles. The summed E-state index contributed by atoms with van der Waals surface area (Å²) in [5, 5.41) is 11.0. The van der Waals surface area contributed by atoms with Crippen LogP contribution in [0.15, 0.2) is 42.6 Å². The summed E-state index contributed by atoms with van der Waals surface area (Å²) < 4.78 is 0. The van der Waals surface area contributed by atoms with E-state index in [4.69, 9.17) is 5.26 Å². The highest BCUT2D eigenvalue weighted by Crippen LogP contribution is 2.24. The van der Waals surface area contributed by atoms with Crippen molar-refractivity contribution >= 4 is 23.5 Å². The zero-order chi connectivity index (χ0) is 19.8. The standard InChI is InChI=1S/C23H30N4/c1-6-12-27(13-7-2)22-11-9-10-21(16-22)26(5)18(4)14-23-19(8-3)15-20(17-24)25-23/h8-11,14-16,25H,4,6-7,12-13H2,1-3,5H3/b19-8-,23-14+. The summed E-state index contributed by atoms with van der Waals surface area (Å²) in [6, 6.07) is 12.6. The number of benzene rings is 1. The predicted molar refractivity (Wildman–Crippen MR) is 116 cm³/mol. The van der Waals surface area contributed by atoms with Gasteiger partial charge in [0.05, 0.1) is 0 Å². The van der Waals surface area contributed by atoms with Gasteiger partial charge in [0.25, 0.3) is 0 Å². The Morgan fingerprint density at radius 1 is 1.19 bits per heavy atom. The van der Waals surface area contributed by atoms with Crippen molar-refractivity contribution in [3.05, 3.63) is 58.9 Å². The maximum absolute atomic E-state index is 9.12. The smallest absolute Gasteiger partial charge is 0.118 e. The zero-order valence-corrected chi connectivity index (χ0v) is 16.9. The molecule has 142 valence electrons. The van der Waals surface area contributed by atoms with Crippen molar-refractivity contribution in [2.24, 2.45) is 0 Å². The van der Waals surface area contributed by atoms with Crippen molar-refractivity contribution in [3.63, 3.8) is 0 Å². The minimum Gasteiger partial charge on any atom is -0.371 e. The van der Waals surface area contributed by atoms with Crippen LogP contribution in [0.25, 0.3) is 12.2 Å². The monoisotopic (exact) mass is 362 g/mol. The Morgan fingerprint density at radius 2 is 1.85 bits per heavy atom. The normalized spacial score (nSPS) is 12.1. The SMILES string of the molecule is C=C(/C=c1/[nH]c(C#N)c/c1=C/C)N(C)c1cccc(N(CCC)CCC)c1. The first-order valence-electron chi connectivity index (χ1n) is 9.58. The molecule has 27 heavy (non-hydrogen) atoms. The number of allylic oxidation sites excluding steroid dienone is 1. The van der Waals surface area contributed by atoms with Gasteiger partial charge in [0.1, 0.15) is 11.8 Å². The van der Waals surface area contributed by atoms with Gasteiger partial charge in [0, 0.05) is 42.6 Å². The minimum atomic E-state index is 0.557. The van der Waals surface area contributed by atoms with Crippen LogP contribution in [0.2, 0.25) is 0 Å². The molecule has 2 aromatic rings. The lowest BCUT2D eigenvalue weighted by Crippen LogP contribution is -2.26. The minimum absolute atomic E-state index is 0.557. The second-order valence-corrected chi connectivity index (χ2v) is 6.65. The lowest BCUT2D eigenvalue weighted by atomic mass is 10.2. The van der Waals surface area contributed by atoms with Crippen molar-refractivity contribution in [2.75, 3.05) is 29.9 Å². The Kier molecular flexibility index (Phi) is 7.31. The van der Waals surface area contributed by atoms with Gasteiger partial charge in [0.15, 0.2) is 0 Å². The first-order chi connectivity index (χ1) is 13.0. The largest absolute Gasteiger partial charge is 0.371 e. The van der Waals surface area contributed by atoms with Gasteiger partial charge < -0.3 is 14.8 Å². The average molecular weight is 363 g/mol. The van der Waals surface area contributed by atoms with E-state index in [2.05, 4.69) is 65.5 Å². The molecule has 0 fully saturated rings. The van der Waals surface area contributed by atoms with E-state index in [0.29, 0.717) is 5.69 Å². The fourth-order valence-electron chi connectivity index (χ4n) is 3.14. The second-order valence-electron chi connectivity index (χ2n) is 6.65. The molecule has 2 rings (SSSR count). The Labute approximate surface area is 162 Å². The predicted octanol–water partition coefficient (Wildman–Crippen LogP) is 3.74. The van der Waals surface area contributed by atoms with Crippen molar-refractivity contribution in [3.8, 4) is 6.07 Å². The molecule has 0 bridgehead atoms. The highest BCUT2D eigenvalue weighted by Gasteiger charge is 2.09. The van der Waals surface area contributed by atoms with Crippen LogP contribution in [0.1, 0.15) is 39.3 Å². The lowest BCUT2D eigenvalue weighted by Gasteiger charge is -2.26. The number of H-pyrrole nitrogens is 1. The van der Waals surface area contributed by atoms with E-state index < -0.39 is 0 Å². The van der Waals surface area contributed by atoms with E-state index in [1.807, 2.05) is 32.2 Å². The summed E-state index contributed by atoms with van der Waals surface area (Å²) in [5.74, 6) is 0. The molecule has 1 N–H and O–H groups in total. The number of hydrogen-bond acceptors (Lipinski definition) is 3. The van der Waals surface area contributed by atoms with E-state index in [1.54, 1.807) is 0 Å². The van der Waals surface area contributed by atoms with Gasteiger partial charge in [-0.05, 0) is 55.3 Å². The quantitative estimate of drug-likeness (QED) is 0.778. The second kappa shape index (κ2) is 9.68. The zero-order valence-electron chi connectivity index (χ0n) is 16.9. The Morgan fingerprint density at radius 3 is 2.44 bits per heavy atom. The first-order valence-corrected chi connectivity index (χ1v) is 9.58. The molecular weight excluding hydrogens is 332 g/mol. The Balaban J connectivity index is 2.32. The molecule has 0 spiro atoms. The third-order valence-electron chi connectivity index (χ3n) is 4.62. The highest BCUT2D eigenvalue weighted by molar-refractivity contribution is 5.66. The number of nitrogens with zero attached hydrogens (tertiary/aromatic N) is 3. The van der Waals surface area contributed by atoms with Crippen LogP contribution in [0.4, 0.5) is 11.4 Å². The number of aromatic amines is 1. The van der Waals surface area contributed by atoms with E-state index in [0.717, 1.165) is 47.9 Å². The summed E-state index contributed by atoms with van der Waals surface area (Å²) >= 11 is 0. The number of aromatic nitrogens is 1. The average Bonchev–Trinajstić information content (AvgIpc) is 3.09. The van der Waals surface area contributed by atoms with Gasteiger partial charge in [-0.3, -0.25) is 0 Å². The number of nitriles is 1. The van der Waals surface area contributed by atoms with E-state index in [-0.39, 0.29) is 0 Å². The molecule has 0 saturated carbocycles. The van der Waals surface area contributed by atoms with Crippen LogP contribution < -0.4 is 20.4 Å². The van der Waals surface area contributed by atoms with Crippen LogP contribution in [-0.4, -0.2) is 25.1 Å². The van der Waals surface area contributed by atoms with E-state index in [1.165, 1.54) is 5.69 Å². The molecule has 1 aromatic heterocycles. The number of rotatable bonds is 8. The van der Waals surface area contributed by atoms with Crippen molar-refractivity contribution in [2.45, 2.75) is 33.6 Å². The van der Waals surface area contributed by atoms with Gasteiger partial charge in [-0.15, -0.1) is 0 Å². The topological polar surface area (TPSA) is 46.1 Å². The third-order valence-corrected chi connectivity index (χ3v) is 4.62. The molecule has 0 saturated heterocycles. The maximum atomic E-state index is 9.12. The highest BCUT2D eigenvalue weighted by atomic mass is 15.1. The molecule has 0 aliphatic carbocycles. The van der Waals surface area contributed by atoms with Gasteiger partial charge in [0.2, 0.25) is 0 Å². The van der Waals surface area contributed by atoms with Crippen molar-refractivity contribution in [1.29, 1.82) is 5.26 Å². The molecule has 0 radical (unpaired) electrons. The molecule has 4 nitrogen and oxygen atoms in total. The van der Waals surface area contributed by atoms with Crippen molar-refractivity contribution < 1.29 is 0 Å². The first kappa shape index (κ1) is 20.4. The number of hydrogen-bond donors (Lipinski definition) is 1. The molecular formula is C23H30N4. The molecule has 0 aliphatic heterocycles. The maximum Gasteiger partial charge on any atom is 0.118 e. The number of anilines is 2. The molecule has 0 amide bonds. The van der Waals surface area contributed by atoms with E-state index in [9.17, 15) is 0 Å². The summed E-state index contributed by atoms with van der Waals surface area (Å²) in [7, 11) is 2.02. The van der Waals surface area contributed by atoms with E-state index >= 15 is 0 Å². The molecule has 0 aliphatic rings. The van der Waals surface area contributed by atoms with Crippen molar-refractivity contribution in [1.82, 2.24) is 4.98 Å². The van der Waals surface area contributed by atoms with Crippen LogP contribution >= 0.6 is 0 Å². The molecule has 0 unspecified atom stereocenters. The molecule has 1 heterocycles. The fourth-order valence-corrected chi connectivity index (χ4v) is 3.14. The van der Waals surface area contributed by atoms with Gasteiger partial charge >= 0.3 is 0 Å².